The van der Waals surface area contributed by atoms with Crippen LogP contribution in [0.1, 0.15) is 64.6 Å². The molecule has 4 nitrogen and oxygen atoms in total. The van der Waals surface area contributed by atoms with E-state index in [2.05, 4.69) is 16.9 Å². The maximum absolute atomic E-state index is 11.8. The Labute approximate surface area is 167 Å². The van der Waals surface area contributed by atoms with Crippen LogP contribution in [0.3, 0.4) is 0 Å². The first-order valence-electron chi connectivity index (χ1n) is 9.88. The summed E-state index contributed by atoms with van der Waals surface area (Å²) in [6.45, 7) is 4.17. The molecule has 2 aromatic rings. The van der Waals surface area contributed by atoms with Gasteiger partial charge in [-0.2, -0.15) is 0 Å². The van der Waals surface area contributed by atoms with Crippen LogP contribution >= 0.6 is 11.6 Å². The van der Waals surface area contributed by atoms with Gasteiger partial charge in [-0.25, -0.2) is 9.97 Å². The van der Waals surface area contributed by atoms with E-state index in [0.29, 0.717) is 5.75 Å². The highest BCUT2D eigenvalue weighted by Gasteiger charge is 2.11. The van der Waals surface area contributed by atoms with Crippen LogP contribution in [-0.4, -0.2) is 21.3 Å². The van der Waals surface area contributed by atoms with E-state index < -0.39 is 0 Å². The first-order chi connectivity index (χ1) is 13.1. The summed E-state index contributed by atoms with van der Waals surface area (Å²) in [6, 6.07) is 7.38. The van der Waals surface area contributed by atoms with Gasteiger partial charge >= 0.3 is 5.97 Å². The summed E-state index contributed by atoms with van der Waals surface area (Å²) in [4.78, 5) is 20.7. The SMILES string of the molecule is CCCCCCCc1ncc(-c2ccc(OC(=O)CC(Cl)CC)cc2)cn1. The molecule has 0 aliphatic heterocycles. The van der Waals surface area contributed by atoms with Crippen molar-refractivity contribution in [2.75, 3.05) is 0 Å². The number of rotatable bonds is 11. The van der Waals surface area contributed by atoms with Crippen LogP contribution in [0.2, 0.25) is 0 Å². The van der Waals surface area contributed by atoms with Gasteiger partial charge in [-0.05, 0) is 30.5 Å². The molecule has 27 heavy (non-hydrogen) atoms. The van der Waals surface area contributed by atoms with Crippen LogP contribution in [0.5, 0.6) is 5.75 Å². The van der Waals surface area contributed by atoms with Gasteiger partial charge in [0, 0.05) is 29.8 Å². The fraction of sp³-hybridized carbons (Fsp3) is 0.500. The van der Waals surface area contributed by atoms with Crippen molar-refractivity contribution in [2.45, 2.75) is 70.6 Å². The summed E-state index contributed by atoms with van der Waals surface area (Å²) in [5, 5.41) is -0.181. The number of alkyl halides is 1. The third kappa shape index (κ3) is 7.67. The summed E-state index contributed by atoms with van der Waals surface area (Å²) in [5.74, 6) is 1.11. The Kier molecular flexibility index (Phi) is 9.26. The molecule has 1 aromatic heterocycles. The fourth-order valence-electron chi connectivity index (χ4n) is 2.73. The quantitative estimate of drug-likeness (QED) is 0.206. The van der Waals surface area contributed by atoms with Crippen molar-refractivity contribution in [1.82, 2.24) is 9.97 Å². The van der Waals surface area contributed by atoms with Crippen LogP contribution in [0, 0.1) is 0 Å². The van der Waals surface area contributed by atoms with Gasteiger partial charge in [0.15, 0.2) is 0 Å². The third-order valence-electron chi connectivity index (χ3n) is 4.46. The molecule has 0 amide bonds. The van der Waals surface area contributed by atoms with Gasteiger partial charge in [0.25, 0.3) is 0 Å². The number of esters is 1. The number of carbonyl (C=O) groups is 1. The zero-order chi connectivity index (χ0) is 19.5. The van der Waals surface area contributed by atoms with E-state index in [-0.39, 0.29) is 17.8 Å². The van der Waals surface area contributed by atoms with Crippen LogP contribution in [0.15, 0.2) is 36.7 Å². The minimum absolute atomic E-state index is 0.181. The van der Waals surface area contributed by atoms with E-state index in [9.17, 15) is 4.79 Å². The molecular formula is C22H29ClN2O2. The van der Waals surface area contributed by atoms with Gasteiger partial charge < -0.3 is 4.74 Å². The predicted octanol–water partition coefficient (Wildman–Crippen LogP) is 5.97. The Bertz CT molecular complexity index is 686. The lowest BCUT2D eigenvalue weighted by Gasteiger charge is -2.08. The minimum atomic E-state index is -0.309. The highest BCUT2D eigenvalue weighted by atomic mass is 35.5. The molecule has 0 saturated carbocycles. The summed E-state index contributed by atoms with van der Waals surface area (Å²) < 4.78 is 5.31. The molecule has 0 fully saturated rings. The number of carbonyl (C=O) groups excluding carboxylic acids is 1. The second kappa shape index (κ2) is 11.7. The van der Waals surface area contributed by atoms with Gasteiger partial charge in [-0.1, -0.05) is 51.7 Å². The topological polar surface area (TPSA) is 52.1 Å². The summed E-state index contributed by atoms with van der Waals surface area (Å²) in [6.07, 6.45) is 11.8. The number of unbranched alkanes of at least 4 members (excludes halogenated alkanes) is 4. The number of benzene rings is 1. The predicted molar refractivity (Wildman–Crippen MR) is 110 cm³/mol. The van der Waals surface area contributed by atoms with Crippen molar-refractivity contribution in [3.63, 3.8) is 0 Å². The molecule has 0 spiro atoms. The smallest absolute Gasteiger partial charge is 0.312 e. The molecule has 146 valence electrons. The number of aryl methyl sites for hydroxylation is 1. The number of halogens is 1. The Morgan fingerprint density at radius 2 is 1.67 bits per heavy atom. The van der Waals surface area contributed by atoms with Crippen LogP contribution < -0.4 is 4.74 Å². The van der Waals surface area contributed by atoms with Gasteiger partial charge in [0.2, 0.25) is 0 Å². The largest absolute Gasteiger partial charge is 0.426 e. The van der Waals surface area contributed by atoms with Crippen molar-refractivity contribution in [1.29, 1.82) is 0 Å². The van der Waals surface area contributed by atoms with Gasteiger partial charge in [0.1, 0.15) is 11.6 Å². The molecule has 0 saturated heterocycles. The highest BCUT2D eigenvalue weighted by Crippen LogP contribution is 2.22. The summed E-state index contributed by atoms with van der Waals surface area (Å²) in [7, 11) is 0. The zero-order valence-electron chi connectivity index (χ0n) is 16.3. The number of aromatic nitrogens is 2. The van der Waals surface area contributed by atoms with Gasteiger partial charge in [0.05, 0.1) is 6.42 Å². The van der Waals surface area contributed by atoms with Crippen molar-refractivity contribution in [3.05, 3.63) is 42.5 Å². The molecule has 0 N–H and O–H groups in total. The van der Waals surface area contributed by atoms with Crippen molar-refractivity contribution >= 4 is 17.6 Å². The number of ether oxygens (including phenoxy) is 1. The Morgan fingerprint density at radius 3 is 2.30 bits per heavy atom. The molecule has 1 unspecified atom stereocenters. The molecule has 0 aliphatic rings. The normalized spacial score (nSPS) is 12.0. The lowest BCUT2D eigenvalue weighted by atomic mass is 10.1. The first-order valence-corrected chi connectivity index (χ1v) is 10.3. The molecule has 0 aliphatic carbocycles. The van der Waals surface area contributed by atoms with Crippen LogP contribution in [0.25, 0.3) is 11.1 Å². The Hall–Kier alpha value is -1.94. The second-order valence-electron chi connectivity index (χ2n) is 6.76. The number of hydrogen-bond donors (Lipinski definition) is 0. The first kappa shape index (κ1) is 21.4. The number of nitrogens with zero attached hydrogens (tertiary/aromatic N) is 2. The fourth-order valence-corrected chi connectivity index (χ4v) is 2.86. The molecular weight excluding hydrogens is 360 g/mol. The van der Waals surface area contributed by atoms with Crippen LogP contribution in [0.4, 0.5) is 0 Å². The lowest BCUT2D eigenvalue weighted by molar-refractivity contribution is -0.134. The van der Waals surface area contributed by atoms with Gasteiger partial charge in [-0.15, -0.1) is 11.6 Å². The van der Waals surface area contributed by atoms with E-state index in [0.717, 1.165) is 36.2 Å². The van der Waals surface area contributed by atoms with E-state index in [1.165, 1.54) is 25.7 Å². The molecule has 1 atom stereocenters. The highest BCUT2D eigenvalue weighted by molar-refractivity contribution is 6.21. The standard InChI is InChI=1S/C22H29ClN2O2/c1-3-5-6-7-8-9-21-24-15-18(16-25-21)17-10-12-20(13-11-17)27-22(26)14-19(23)4-2/h10-13,15-16,19H,3-9,14H2,1-2H3. The Morgan fingerprint density at radius 1 is 1.00 bits per heavy atom. The number of hydrogen-bond acceptors (Lipinski definition) is 4. The van der Waals surface area contributed by atoms with E-state index in [1.807, 2.05) is 31.5 Å². The van der Waals surface area contributed by atoms with E-state index >= 15 is 0 Å². The third-order valence-corrected chi connectivity index (χ3v) is 4.92. The van der Waals surface area contributed by atoms with E-state index in [4.69, 9.17) is 16.3 Å². The van der Waals surface area contributed by atoms with Crippen molar-refractivity contribution < 1.29 is 9.53 Å². The average Bonchev–Trinajstić information content (AvgIpc) is 2.69. The molecule has 1 aromatic carbocycles. The average molecular weight is 389 g/mol. The maximum Gasteiger partial charge on any atom is 0.312 e. The van der Waals surface area contributed by atoms with Gasteiger partial charge in [-0.3, -0.25) is 4.79 Å². The molecule has 0 radical (unpaired) electrons. The summed E-state index contributed by atoms with van der Waals surface area (Å²) in [5.41, 5.74) is 1.95. The Balaban J connectivity index is 1.86. The van der Waals surface area contributed by atoms with Crippen molar-refractivity contribution in [2.24, 2.45) is 0 Å². The van der Waals surface area contributed by atoms with Crippen LogP contribution in [-0.2, 0) is 11.2 Å². The second-order valence-corrected chi connectivity index (χ2v) is 7.38. The molecule has 1 heterocycles. The maximum atomic E-state index is 11.8. The molecule has 5 heteroatoms. The molecule has 0 bridgehead atoms. The lowest BCUT2D eigenvalue weighted by Crippen LogP contribution is -2.13. The minimum Gasteiger partial charge on any atom is -0.426 e. The molecule has 2 rings (SSSR count). The van der Waals surface area contributed by atoms with Crippen molar-refractivity contribution in [3.8, 4) is 16.9 Å². The summed E-state index contributed by atoms with van der Waals surface area (Å²) >= 11 is 5.98. The zero-order valence-corrected chi connectivity index (χ0v) is 17.0. The van der Waals surface area contributed by atoms with E-state index in [1.54, 1.807) is 12.1 Å². The monoisotopic (exact) mass is 388 g/mol.